The van der Waals surface area contributed by atoms with Gasteiger partial charge in [-0.25, -0.2) is 0 Å². The van der Waals surface area contributed by atoms with Gasteiger partial charge in [-0.05, 0) is 48.9 Å². The van der Waals surface area contributed by atoms with Crippen molar-refractivity contribution in [1.82, 2.24) is 4.57 Å². The molecule has 106 valence electrons. The number of hydrogen-bond acceptors (Lipinski definition) is 2. The number of nitriles is 1. The molecule has 5 heteroatoms. The highest BCUT2D eigenvalue weighted by Crippen LogP contribution is 2.22. The second-order valence-corrected chi connectivity index (χ2v) is 5.41. The molecule has 0 aliphatic rings. The number of halogens is 2. The number of aromatic nitrogens is 1. The molecular weight excluding hydrogens is 307 g/mol. The van der Waals surface area contributed by atoms with Crippen LogP contribution in [0.5, 0.6) is 0 Å². The fraction of sp³-hybridized carbons (Fsp3) is 0.125. The second kappa shape index (κ2) is 6.17. The maximum absolute atomic E-state index is 12.2. The van der Waals surface area contributed by atoms with E-state index in [4.69, 9.17) is 28.5 Å². The van der Waals surface area contributed by atoms with Gasteiger partial charge in [-0.2, -0.15) is 5.26 Å². The first-order valence-corrected chi connectivity index (χ1v) is 6.93. The molecule has 21 heavy (non-hydrogen) atoms. The Balaban J connectivity index is 2.32. The van der Waals surface area contributed by atoms with Gasteiger partial charge in [-0.15, -0.1) is 0 Å². The third-order valence-electron chi connectivity index (χ3n) is 3.30. The number of allylic oxidation sites excluding steroid dienone is 1. The number of ketones is 1. The molecule has 2 rings (SSSR count). The first-order chi connectivity index (χ1) is 9.93. The second-order valence-electron chi connectivity index (χ2n) is 4.56. The van der Waals surface area contributed by atoms with Crippen molar-refractivity contribution in [3.63, 3.8) is 0 Å². The van der Waals surface area contributed by atoms with Gasteiger partial charge >= 0.3 is 0 Å². The predicted molar refractivity (Wildman–Crippen MR) is 84.7 cm³/mol. The molecule has 0 saturated carbocycles. The molecule has 0 N–H and O–H groups in total. The van der Waals surface area contributed by atoms with Crippen LogP contribution in [0.4, 0.5) is 0 Å². The van der Waals surface area contributed by atoms with Gasteiger partial charge in [0.25, 0.3) is 0 Å². The third-order valence-corrected chi connectivity index (χ3v) is 3.86. The molecular formula is C16H12Cl2N2O. The Morgan fingerprint density at radius 1 is 1.33 bits per heavy atom. The summed E-state index contributed by atoms with van der Waals surface area (Å²) in [5.74, 6) is -0.232. The highest BCUT2D eigenvalue weighted by atomic mass is 35.5. The average molecular weight is 319 g/mol. The van der Waals surface area contributed by atoms with E-state index >= 15 is 0 Å². The van der Waals surface area contributed by atoms with E-state index in [1.165, 1.54) is 12.1 Å². The van der Waals surface area contributed by atoms with Gasteiger partial charge in [0, 0.05) is 23.3 Å². The van der Waals surface area contributed by atoms with E-state index in [1.807, 2.05) is 6.92 Å². The minimum absolute atomic E-state index is 0.232. The van der Waals surface area contributed by atoms with Crippen molar-refractivity contribution in [3.05, 3.63) is 62.9 Å². The summed E-state index contributed by atoms with van der Waals surface area (Å²) in [6, 6.07) is 8.59. The van der Waals surface area contributed by atoms with E-state index in [-0.39, 0.29) is 5.78 Å². The van der Waals surface area contributed by atoms with Crippen molar-refractivity contribution in [2.24, 2.45) is 7.05 Å². The van der Waals surface area contributed by atoms with Crippen LogP contribution >= 0.6 is 23.2 Å². The fourth-order valence-electron chi connectivity index (χ4n) is 1.94. The van der Waals surface area contributed by atoms with Crippen LogP contribution in [0.15, 0.2) is 30.3 Å². The van der Waals surface area contributed by atoms with E-state index < -0.39 is 0 Å². The fourth-order valence-corrected chi connectivity index (χ4v) is 2.32. The maximum atomic E-state index is 12.2. The van der Waals surface area contributed by atoms with Gasteiger partial charge in [-0.1, -0.05) is 23.2 Å². The Morgan fingerprint density at radius 3 is 2.67 bits per heavy atom. The summed E-state index contributed by atoms with van der Waals surface area (Å²) in [6.45, 7) is 1.89. The van der Waals surface area contributed by atoms with Crippen molar-refractivity contribution in [2.75, 3.05) is 0 Å². The summed E-state index contributed by atoms with van der Waals surface area (Å²) in [5.41, 5.74) is 2.63. The smallest absolute Gasteiger partial charge is 0.187 e. The van der Waals surface area contributed by atoms with Gasteiger partial charge in [0.05, 0.1) is 5.02 Å². The largest absolute Gasteiger partial charge is 0.339 e. The maximum Gasteiger partial charge on any atom is 0.187 e. The monoisotopic (exact) mass is 318 g/mol. The molecule has 0 spiro atoms. The molecule has 2 aromatic rings. The lowest BCUT2D eigenvalue weighted by molar-refractivity contribution is 0.104. The molecule has 1 aromatic heterocycles. The lowest BCUT2D eigenvalue weighted by atomic mass is 10.1. The summed E-state index contributed by atoms with van der Waals surface area (Å²) in [4.78, 5) is 12.2. The van der Waals surface area contributed by atoms with Gasteiger partial charge in [-0.3, -0.25) is 4.79 Å². The molecule has 0 fully saturated rings. The van der Waals surface area contributed by atoms with Crippen molar-refractivity contribution in [3.8, 4) is 6.07 Å². The molecule has 0 bridgehead atoms. The van der Waals surface area contributed by atoms with Gasteiger partial charge in [0.1, 0.15) is 11.8 Å². The zero-order valence-electron chi connectivity index (χ0n) is 11.5. The van der Waals surface area contributed by atoms with Crippen molar-refractivity contribution < 1.29 is 4.79 Å². The molecule has 0 aliphatic heterocycles. The van der Waals surface area contributed by atoms with Crippen molar-refractivity contribution in [2.45, 2.75) is 6.92 Å². The Morgan fingerprint density at radius 2 is 2.05 bits per heavy atom. The molecule has 1 aromatic carbocycles. The highest BCUT2D eigenvalue weighted by Gasteiger charge is 2.10. The Bertz CT molecular complexity index is 782. The zero-order chi connectivity index (χ0) is 15.6. The van der Waals surface area contributed by atoms with Crippen LogP contribution in [-0.2, 0) is 7.05 Å². The van der Waals surface area contributed by atoms with Crippen LogP contribution < -0.4 is 0 Å². The Labute approximate surface area is 133 Å². The summed E-state index contributed by atoms with van der Waals surface area (Å²) in [6.07, 6.45) is 3.11. The molecule has 0 amide bonds. The van der Waals surface area contributed by atoms with Gasteiger partial charge in [0.2, 0.25) is 0 Å². The van der Waals surface area contributed by atoms with Crippen LogP contribution in [0.3, 0.4) is 0 Å². The van der Waals surface area contributed by atoms with E-state index in [2.05, 4.69) is 6.07 Å². The number of carbonyl (C=O) groups excluding carboxylic acids is 1. The summed E-state index contributed by atoms with van der Waals surface area (Å²) >= 11 is 11.9. The third kappa shape index (κ3) is 3.18. The molecule has 0 saturated heterocycles. The van der Waals surface area contributed by atoms with E-state index in [1.54, 1.807) is 35.9 Å². The number of rotatable bonds is 3. The van der Waals surface area contributed by atoms with Crippen molar-refractivity contribution in [1.29, 1.82) is 5.26 Å². The SMILES string of the molecule is Cc1c(/C=C/C(=O)c2cc(Cl)ccc2Cl)cc(C#N)n1C. The molecule has 0 unspecified atom stereocenters. The minimum Gasteiger partial charge on any atom is -0.339 e. The number of carbonyl (C=O) groups is 1. The van der Waals surface area contributed by atoms with Gasteiger partial charge < -0.3 is 4.57 Å². The standard InChI is InChI=1S/C16H12Cl2N2O/c1-10-11(7-13(9-19)20(10)2)3-6-16(21)14-8-12(17)4-5-15(14)18/h3-8H,1-2H3/b6-3+. The summed E-state index contributed by atoms with van der Waals surface area (Å²) < 4.78 is 1.77. The Kier molecular flexibility index (Phi) is 4.52. The molecule has 3 nitrogen and oxygen atoms in total. The van der Waals surface area contributed by atoms with Crippen LogP contribution in [0.25, 0.3) is 6.08 Å². The highest BCUT2D eigenvalue weighted by molar-refractivity contribution is 6.36. The average Bonchev–Trinajstić information content (AvgIpc) is 2.74. The number of benzene rings is 1. The quantitative estimate of drug-likeness (QED) is 0.621. The van der Waals surface area contributed by atoms with Crippen LogP contribution in [0.1, 0.15) is 27.3 Å². The summed E-state index contributed by atoms with van der Waals surface area (Å²) in [7, 11) is 1.81. The van der Waals surface area contributed by atoms with Crippen LogP contribution in [-0.4, -0.2) is 10.4 Å². The Hall–Kier alpha value is -2.02. The first kappa shape index (κ1) is 15.4. The molecule has 0 radical (unpaired) electrons. The summed E-state index contributed by atoms with van der Waals surface area (Å²) in [5, 5.41) is 9.80. The number of nitrogens with zero attached hydrogens (tertiary/aromatic N) is 2. The first-order valence-electron chi connectivity index (χ1n) is 6.18. The topological polar surface area (TPSA) is 45.8 Å². The van der Waals surface area contributed by atoms with E-state index in [0.29, 0.717) is 21.3 Å². The lowest BCUT2D eigenvalue weighted by Crippen LogP contribution is -1.96. The number of hydrogen-bond donors (Lipinski definition) is 0. The minimum atomic E-state index is -0.232. The molecule has 0 aliphatic carbocycles. The molecule has 1 heterocycles. The lowest BCUT2D eigenvalue weighted by Gasteiger charge is -2.01. The zero-order valence-corrected chi connectivity index (χ0v) is 13.0. The van der Waals surface area contributed by atoms with E-state index in [0.717, 1.165) is 11.3 Å². The van der Waals surface area contributed by atoms with Crippen molar-refractivity contribution >= 4 is 35.1 Å². The van der Waals surface area contributed by atoms with Crippen LogP contribution in [0.2, 0.25) is 10.0 Å². The van der Waals surface area contributed by atoms with Gasteiger partial charge in [0.15, 0.2) is 5.78 Å². The van der Waals surface area contributed by atoms with E-state index in [9.17, 15) is 4.79 Å². The predicted octanol–water partition coefficient (Wildman–Crippen LogP) is 4.41. The normalized spacial score (nSPS) is 10.8. The molecule has 0 atom stereocenters. The van der Waals surface area contributed by atoms with Crippen LogP contribution in [0, 0.1) is 18.3 Å².